The molecule has 0 aromatic carbocycles. The van der Waals surface area contributed by atoms with Gasteiger partial charge in [0.05, 0.1) is 13.2 Å². The van der Waals surface area contributed by atoms with E-state index in [0.29, 0.717) is 13.2 Å². The molecule has 0 spiro atoms. The molecule has 2 bridgehead atoms. The Morgan fingerprint density at radius 1 is 1.71 bits per heavy atom. The van der Waals surface area contributed by atoms with Crippen LogP contribution in [0.2, 0.25) is 0 Å². The van der Waals surface area contributed by atoms with Crippen LogP contribution in [0.5, 0.6) is 0 Å². The van der Waals surface area contributed by atoms with Crippen molar-refractivity contribution in [1.29, 1.82) is 0 Å². The molecule has 0 saturated carbocycles. The highest BCUT2D eigenvalue weighted by atomic mass is 16.7. The molecule has 2 aliphatic heterocycles. The lowest BCUT2D eigenvalue weighted by atomic mass is 9.98. The lowest BCUT2D eigenvalue weighted by Crippen LogP contribution is -2.37. The van der Waals surface area contributed by atoms with Crippen molar-refractivity contribution < 1.29 is 9.63 Å². The van der Waals surface area contributed by atoms with Crippen LogP contribution in [0.1, 0.15) is 19.3 Å². The molecule has 0 unspecified atom stereocenters. The summed E-state index contributed by atoms with van der Waals surface area (Å²) in [4.78, 5) is 17.2. The SMILES string of the molecule is C=CC[C@H]1CCC2=CCON(C2)C1=O. The van der Waals surface area contributed by atoms with Gasteiger partial charge in [-0.2, -0.15) is 0 Å². The molecule has 1 amide bonds. The first kappa shape index (κ1) is 9.46. The number of nitrogens with zero attached hydrogens (tertiary/aromatic N) is 1. The molecule has 1 fully saturated rings. The molecule has 0 radical (unpaired) electrons. The van der Waals surface area contributed by atoms with Crippen LogP contribution in [0.3, 0.4) is 0 Å². The Hall–Kier alpha value is -1.09. The predicted octanol–water partition coefficient (Wildman–Crippen LogP) is 1.67. The van der Waals surface area contributed by atoms with E-state index in [9.17, 15) is 4.79 Å². The topological polar surface area (TPSA) is 29.5 Å². The maximum Gasteiger partial charge on any atom is 0.249 e. The summed E-state index contributed by atoms with van der Waals surface area (Å²) in [5.41, 5.74) is 1.33. The van der Waals surface area contributed by atoms with Crippen molar-refractivity contribution in [1.82, 2.24) is 5.06 Å². The van der Waals surface area contributed by atoms with Gasteiger partial charge in [0.2, 0.25) is 5.91 Å². The molecule has 2 aliphatic rings. The maximum absolute atomic E-state index is 11.9. The summed E-state index contributed by atoms with van der Waals surface area (Å²) in [5, 5.41) is 1.51. The van der Waals surface area contributed by atoms with E-state index in [0.717, 1.165) is 19.3 Å². The van der Waals surface area contributed by atoms with Gasteiger partial charge in [-0.05, 0) is 24.8 Å². The molecule has 2 rings (SSSR count). The van der Waals surface area contributed by atoms with E-state index in [1.54, 1.807) is 0 Å². The van der Waals surface area contributed by atoms with Crippen molar-refractivity contribution in [3.05, 3.63) is 24.3 Å². The van der Waals surface area contributed by atoms with Gasteiger partial charge in [-0.1, -0.05) is 12.2 Å². The fraction of sp³-hybridized carbons (Fsp3) is 0.545. The first-order valence-electron chi connectivity index (χ1n) is 5.04. The van der Waals surface area contributed by atoms with E-state index >= 15 is 0 Å². The Balaban J connectivity index is 2.14. The smallest absolute Gasteiger partial charge is 0.249 e. The lowest BCUT2D eigenvalue weighted by molar-refractivity contribution is -0.185. The summed E-state index contributed by atoms with van der Waals surface area (Å²) < 4.78 is 0. The number of rotatable bonds is 2. The van der Waals surface area contributed by atoms with Gasteiger partial charge < -0.3 is 0 Å². The number of amides is 1. The largest absolute Gasteiger partial charge is 0.272 e. The Labute approximate surface area is 84.0 Å². The molecule has 0 aliphatic carbocycles. The van der Waals surface area contributed by atoms with Crippen LogP contribution in [0, 0.1) is 5.92 Å². The van der Waals surface area contributed by atoms with E-state index < -0.39 is 0 Å². The molecule has 76 valence electrons. The third kappa shape index (κ3) is 1.73. The molecule has 14 heavy (non-hydrogen) atoms. The third-order valence-corrected chi connectivity index (χ3v) is 2.81. The van der Waals surface area contributed by atoms with Gasteiger partial charge >= 0.3 is 0 Å². The Morgan fingerprint density at radius 2 is 2.57 bits per heavy atom. The van der Waals surface area contributed by atoms with Crippen molar-refractivity contribution in [2.45, 2.75) is 19.3 Å². The van der Waals surface area contributed by atoms with Crippen molar-refractivity contribution in [3.8, 4) is 0 Å². The summed E-state index contributed by atoms with van der Waals surface area (Å²) in [6.45, 7) is 4.88. The zero-order valence-corrected chi connectivity index (χ0v) is 8.24. The zero-order valence-electron chi connectivity index (χ0n) is 8.24. The highest BCUT2D eigenvalue weighted by Gasteiger charge is 2.30. The predicted molar refractivity (Wildman–Crippen MR) is 53.3 cm³/mol. The minimum atomic E-state index is 0.0662. The van der Waals surface area contributed by atoms with Gasteiger partial charge in [-0.3, -0.25) is 9.63 Å². The van der Waals surface area contributed by atoms with Crippen molar-refractivity contribution in [3.63, 3.8) is 0 Å². The molecule has 1 saturated heterocycles. The van der Waals surface area contributed by atoms with Crippen LogP contribution >= 0.6 is 0 Å². The molecular formula is C11H15NO2. The van der Waals surface area contributed by atoms with Crippen molar-refractivity contribution in [2.24, 2.45) is 5.92 Å². The molecule has 1 atom stereocenters. The number of hydrogen-bond acceptors (Lipinski definition) is 2. The number of allylic oxidation sites excluding steroid dienone is 1. The molecule has 0 aromatic heterocycles. The number of carbonyl (C=O) groups is 1. The first-order valence-corrected chi connectivity index (χ1v) is 5.04. The highest BCUT2D eigenvalue weighted by Crippen LogP contribution is 2.26. The van der Waals surface area contributed by atoms with E-state index in [4.69, 9.17) is 4.84 Å². The first-order chi connectivity index (χ1) is 6.81. The normalized spacial score (nSPS) is 26.9. The quantitative estimate of drug-likeness (QED) is 0.624. The summed E-state index contributed by atoms with van der Waals surface area (Å²) in [6.07, 6.45) is 6.60. The average Bonchev–Trinajstić information content (AvgIpc) is 2.31. The van der Waals surface area contributed by atoms with Crippen LogP contribution in [-0.2, 0) is 9.63 Å². The summed E-state index contributed by atoms with van der Waals surface area (Å²) in [6, 6.07) is 0. The number of carbonyl (C=O) groups excluding carboxylic acids is 1. The van der Waals surface area contributed by atoms with Gasteiger partial charge in [0.25, 0.3) is 0 Å². The van der Waals surface area contributed by atoms with Gasteiger partial charge in [-0.25, -0.2) is 5.06 Å². The fourth-order valence-corrected chi connectivity index (χ4v) is 1.97. The standard InChI is InChI=1S/C11H15NO2/c1-2-3-10-5-4-9-6-7-14-12(8-9)11(10)13/h2,6,10H,1,3-5,7-8H2/t10-/m0/s1. The fourth-order valence-electron chi connectivity index (χ4n) is 1.97. The van der Waals surface area contributed by atoms with E-state index in [2.05, 4.69) is 12.7 Å². The Bertz CT molecular complexity index is 283. The Morgan fingerprint density at radius 3 is 3.36 bits per heavy atom. The maximum atomic E-state index is 11.9. The average molecular weight is 193 g/mol. The van der Waals surface area contributed by atoms with E-state index in [-0.39, 0.29) is 11.8 Å². The van der Waals surface area contributed by atoms with Gasteiger partial charge in [0.15, 0.2) is 0 Å². The summed E-state index contributed by atoms with van der Waals surface area (Å²) in [7, 11) is 0. The van der Waals surface area contributed by atoms with Crippen LogP contribution in [-0.4, -0.2) is 24.1 Å². The second kappa shape index (κ2) is 3.96. The monoisotopic (exact) mass is 193 g/mol. The van der Waals surface area contributed by atoms with E-state index in [1.165, 1.54) is 10.6 Å². The molecular weight excluding hydrogens is 178 g/mol. The molecule has 3 heteroatoms. The zero-order chi connectivity index (χ0) is 9.97. The van der Waals surface area contributed by atoms with Crippen LogP contribution < -0.4 is 0 Å². The highest BCUT2D eigenvalue weighted by molar-refractivity contribution is 5.78. The number of hydrogen-bond donors (Lipinski definition) is 0. The summed E-state index contributed by atoms with van der Waals surface area (Å²) >= 11 is 0. The third-order valence-electron chi connectivity index (χ3n) is 2.81. The minimum Gasteiger partial charge on any atom is -0.272 e. The summed E-state index contributed by atoms with van der Waals surface area (Å²) in [5.74, 6) is 0.185. The minimum absolute atomic E-state index is 0.0662. The van der Waals surface area contributed by atoms with Crippen LogP contribution in [0.25, 0.3) is 0 Å². The molecule has 0 N–H and O–H groups in total. The molecule has 3 nitrogen and oxygen atoms in total. The van der Waals surface area contributed by atoms with Crippen molar-refractivity contribution >= 4 is 5.91 Å². The molecule has 0 aromatic rings. The lowest BCUT2D eigenvalue weighted by Gasteiger charge is -2.25. The number of hydroxylamine groups is 2. The van der Waals surface area contributed by atoms with Gasteiger partial charge in [0.1, 0.15) is 0 Å². The second-order valence-corrected chi connectivity index (χ2v) is 3.79. The van der Waals surface area contributed by atoms with Crippen LogP contribution in [0.15, 0.2) is 24.3 Å². The van der Waals surface area contributed by atoms with Gasteiger partial charge in [0, 0.05) is 5.92 Å². The van der Waals surface area contributed by atoms with Crippen molar-refractivity contribution in [2.75, 3.05) is 13.2 Å². The van der Waals surface area contributed by atoms with Crippen LogP contribution in [0.4, 0.5) is 0 Å². The number of fused-ring (bicyclic) bond motifs is 2. The van der Waals surface area contributed by atoms with Gasteiger partial charge in [-0.15, -0.1) is 6.58 Å². The van der Waals surface area contributed by atoms with E-state index in [1.807, 2.05) is 6.08 Å². The second-order valence-electron chi connectivity index (χ2n) is 3.79. The Kier molecular flexibility index (Phi) is 2.68. The molecule has 2 heterocycles.